The molecule has 3 aromatic carbocycles. The van der Waals surface area contributed by atoms with Crippen molar-refractivity contribution >= 4 is 0 Å². The second kappa shape index (κ2) is 7.12. The number of hydrogen-bond donors (Lipinski definition) is 1. The van der Waals surface area contributed by atoms with E-state index in [9.17, 15) is 9.50 Å². The maximum absolute atomic E-state index is 15.1. The van der Waals surface area contributed by atoms with Crippen molar-refractivity contribution in [2.24, 2.45) is 0 Å². The summed E-state index contributed by atoms with van der Waals surface area (Å²) in [6, 6.07) is 17.0. The van der Waals surface area contributed by atoms with Gasteiger partial charge >= 0.3 is 0 Å². The second-order valence-electron chi connectivity index (χ2n) is 7.90. The summed E-state index contributed by atoms with van der Waals surface area (Å²) in [5.74, 6) is -0.682. The minimum atomic E-state index is -0.897. The Morgan fingerprint density at radius 2 is 1.71 bits per heavy atom. The van der Waals surface area contributed by atoms with Gasteiger partial charge in [0.05, 0.1) is 18.3 Å². The van der Waals surface area contributed by atoms with Crippen LogP contribution in [-0.2, 0) is 11.3 Å². The van der Waals surface area contributed by atoms with Gasteiger partial charge in [0.1, 0.15) is 11.6 Å². The number of halogens is 2. The summed E-state index contributed by atoms with van der Waals surface area (Å²) in [6.07, 6.45) is 0.0792. The van der Waals surface area contributed by atoms with Crippen LogP contribution in [0.15, 0.2) is 60.7 Å². The molecule has 4 heteroatoms. The van der Waals surface area contributed by atoms with Gasteiger partial charge in [-0.1, -0.05) is 36.4 Å². The van der Waals surface area contributed by atoms with Crippen molar-refractivity contribution in [1.29, 1.82) is 0 Å². The third-order valence-corrected chi connectivity index (χ3v) is 5.05. The van der Waals surface area contributed by atoms with Crippen molar-refractivity contribution in [3.05, 3.63) is 83.4 Å². The highest BCUT2D eigenvalue weighted by Gasteiger charge is 2.30. The molecule has 1 aliphatic rings. The lowest BCUT2D eigenvalue weighted by Gasteiger charge is -2.22. The molecule has 28 heavy (non-hydrogen) atoms. The van der Waals surface area contributed by atoms with Crippen molar-refractivity contribution < 1.29 is 18.6 Å². The van der Waals surface area contributed by atoms with Crippen LogP contribution in [0.3, 0.4) is 0 Å². The highest BCUT2D eigenvalue weighted by atomic mass is 19.1. The van der Waals surface area contributed by atoms with Crippen molar-refractivity contribution in [3.8, 4) is 22.3 Å². The average molecular weight is 380 g/mol. The fourth-order valence-corrected chi connectivity index (χ4v) is 3.79. The van der Waals surface area contributed by atoms with E-state index < -0.39 is 5.60 Å². The number of fused-ring (bicyclic) bond motifs is 1. The quantitative estimate of drug-likeness (QED) is 0.599. The Kier molecular flexibility index (Phi) is 4.77. The third kappa shape index (κ3) is 3.71. The topological polar surface area (TPSA) is 29.5 Å². The molecule has 0 bridgehead atoms. The molecule has 3 aromatic rings. The van der Waals surface area contributed by atoms with Crippen LogP contribution >= 0.6 is 0 Å². The van der Waals surface area contributed by atoms with Crippen LogP contribution in [0.1, 0.15) is 37.5 Å². The summed E-state index contributed by atoms with van der Waals surface area (Å²) in [7, 11) is 0. The summed E-state index contributed by atoms with van der Waals surface area (Å²) < 4.78 is 34.6. The Bertz CT molecular complexity index is 1020. The highest BCUT2D eigenvalue weighted by molar-refractivity contribution is 5.84. The Morgan fingerprint density at radius 3 is 2.43 bits per heavy atom. The minimum Gasteiger partial charge on any atom is -0.390 e. The van der Waals surface area contributed by atoms with Crippen molar-refractivity contribution in [2.45, 2.75) is 38.6 Å². The predicted octanol–water partition coefficient (Wildman–Crippen LogP) is 6.03. The summed E-state index contributed by atoms with van der Waals surface area (Å²) in [6.45, 7) is 3.81. The Balaban J connectivity index is 1.78. The van der Waals surface area contributed by atoms with Crippen molar-refractivity contribution in [1.82, 2.24) is 0 Å². The van der Waals surface area contributed by atoms with Gasteiger partial charge in [-0.2, -0.15) is 0 Å². The third-order valence-electron chi connectivity index (χ3n) is 5.05. The van der Waals surface area contributed by atoms with Crippen LogP contribution in [0.4, 0.5) is 8.78 Å². The van der Waals surface area contributed by atoms with E-state index in [1.807, 2.05) is 36.4 Å². The first kappa shape index (κ1) is 18.8. The average Bonchev–Trinajstić information content (AvgIpc) is 3.01. The van der Waals surface area contributed by atoms with Crippen LogP contribution < -0.4 is 0 Å². The van der Waals surface area contributed by atoms with E-state index in [-0.39, 0.29) is 17.7 Å². The first-order valence-electron chi connectivity index (χ1n) is 9.33. The summed E-state index contributed by atoms with van der Waals surface area (Å²) in [5, 5.41) is 10.1. The summed E-state index contributed by atoms with van der Waals surface area (Å²) in [5.41, 5.74) is 3.45. The first-order chi connectivity index (χ1) is 13.3. The molecule has 0 saturated carbocycles. The van der Waals surface area contributed by atoms with E-state index in [4.69, 9.17) is 4.74 Å². The number of benzene rings is 3. The molecule has 1 unspecified atom stereocenters. The zero-order valence-electron chi connectivity index (χ0n) is 15.9. The molecule has 144 valence electrons. The Labute approximate surface area is 163 Å². The number of ether oxygens (including phenoxy) is 1. The van der Waals surface area contributed by atoms with Gasteiger partial charge < -0.3 is 9.84 Å². The fraction of sp³-hybridized carbons (Fsp3) is 0.250. The molecule has 0 aromatic heterocycles. The summed E-state index contributed by atoms with van der Waals surface area (Å²) in [4.78, 5) is 0. The lowest BCUT2D eigenvalue weighted by atomic mass is 9.90. The Hall–Kier alpha value is -2.56. The molecule has 0 radical (unpaired) electrons. The van der Waals surface area contributed by atoms with Crippen molar-refractivity contribution in [2.75, 3.05) is 0 Å². The fourth-order valence-electron chi connectivity index (χ4n) is 3.79. The smallest absolute Gasteiger partial charge is 0.131 e. The molecule has 0 amide bonds. The largest absolute Gasteiger partial charge is 0.390 e. The minimum absolute atomic E-state index is 0.322. The van der Waals surface area contributed by atoms with Gasteiger partial charge in [-0.05, 0) is 65.9 Å². The van der Waals surface area contributed by atoms with Gasteiger partial charge in [0.15, 0.2) is 0 Å². The van der Waals surface area contributed by atoms with Gasteiger partial charge in [-0.25, -0.2) is 8.78 Å². The van der Waals surface area contributed by atoms with Crippen LogP contribution in [0, 0.1) is 11.6 Å². The first-order valence-corrected chi connectivity index (χ1v) is 9.33. The molecular weight excluding hydrogens is 358 g/mol. The molecule has 1 atom stereocenters. The number of hydrogen-bond acceptors (Lipinski definition) is 2. The van der Waals surface area contributed by atoms with E-state index in [1.165, 1.54) is 18.2 Å². The normalized spacial score (nSPS) is 16.2. The molecule has 0 fully saturated rings. The van der Waals surface area contributed by atoms with E-state index in [2.05, 4.69) is 0 Å². The van der Waals surface area contributed by atoms with Gasteiger partial charge in [0, 0.05) is 12.0 Å². The van der Waals surface area contributed by atoms with Crippen LogP contribution in [0.25, 0.3) is 22.3 Å². The van der Waals surface area contributed by atoms with Crippen LogP contribution in [0.5, 0.6) is 0 Å². The highest BCUT2D eigenvalue weighted by Crippen LogP contribution is 2.41. The molecule has 1 N–H and O–H groups in total. The number of rotatable bonds is 4. The zero-order valence-corrected chi connectivity index (χ0v) is 15.9. The maximum Gasteiger partial charge on any atom is 0.131 e. The summed E-state index contributed by atoms with van der Waals surface area (Å²) >= 11 is 0. The van der Waals surface area contributed by atoms with Gasteiger partial charge in [0.2, 0.25) is 0 Å². The molecule has 0 spiro atoms. The second-order valence-corrected chi connectivity index (χ2v) is 7.90. The monoisotopic (exact) mass is 380 g/mol. The van der Waals surface area contributed by atoms with E-state index in [1.54, 1.807) is 19.9 Å². The Morgan fingerprint density at radius 1 is 0.964 bits per heavy atom. The van der Waals surface area contributed by atoms with Crippen LogP contribution in [-0.4, -0.2) is 10.7 Å². The molecule has 1 heterocycles. The molecule has 1 aliphatic heterocycles. The predicted molar refractivity (Wildman–Crippen MR) is 106 cm³/mol. The van der Waals surface area contributed by atoms with Gasteiger partial charge in [0.25, 0.3) is 0 Å². The van der Waals surface area contributed by atoms with Crippen LogP contribution in [0.2, 0.25) is 0 Å². The molecule has 2 nitrogen and oxygen atoms in total. The standard InChI is InChI=1S/C24H22F2O2/c1-24(2,27)13-23-20-12-22(26)21(11-16(20)14-28-23)19-9-4-3-8-18(19)15-6-5-7-17(25)10-15/h3-12,23,27H,13-14H2,1-2H3. The van der Waals surface area contributed by atoms with E-state index in [0.717, 1.165) is 16.7 Å². The lowest BCUT2D eigenvalue weighted by Crippen LogP contribution is -2.22. The number of aliphatic hydroxyl groups is 1. The molecule has 4 rings (SSSR count). The maximum atomic E-state index is 15.1. The van der Waals surface area contributed by atoms with Gasteiger partial charge in [-0.3, -0.25) is 0 Å². The van der Waals surface area contributed by atoms with E-state index in [0.29, 0.717) is 29.7 Å². The SMILES string of the molecule is CC(C)(O)CC1OCc2cc(-c3ccccc3-c3cccc(F)c3)c(F)cc21. The zero-order chi connectivity index (χ0) is 19.9. The molecular formula is C24H22F2O2. The molecule has 0 aliphatic carbocycles. The van der Waals surface area contributed by atoms with E-state index >= 15 is 4.39 Å². The van der Waals surface area contributed by atoms with Crippen molar-refractivity contribution in [3.63, 3.8) is 0 Å². The van der Waals surface area contributed by atoms with Gasteiger partial charge in [-0.15, -0.1) is 0 Å². The molecule has 0 saturated heterocycles. The lowest BCUT2D eigenvalue weighted by molar-refractivity contribution is -0.0146.